The van der Waals surface area contributed by atoms with Gasteiger partial charge in [-0.3, -0.25) is 48.3 Å². The summed E-state index contributed by atoms with van der Waals surface area (Å²) in [5.41, 5.74) is 19.0. The zero-order chi connectivity index (χ0) is 71.0. The molecule has 0 radical (unpaired) electrons. The van der Waals surface area contributed by atoms with Crippen molar-refractivity contribution in [3.8, 4) is 0 Å². The summed E-state index contributed by atoms with van der Waals surface area (Å²) in [5.74, 6) is -6.39. The van der Waals surface area contributed by atoms with E-state index in [1.54, 1.807) is 55.4 Å². The first-order valence-corrected chi connectivity index (χ1v) is 33.2. The lowest BCUT2D eigenvalue weighted by atomic mass is 9.89. The van der Waals surface area contributed by atoms with Crippen molar-refractivity contribution in [2.24, 2.45) is 44.8 Å². The number of nitrogens with two attached hydrogens (primary N) is 4. The molecule has 0 aliphatic heterocycles. The fraction of sp³-hybridized carbons (Fsp3) is 0.514. The van der Waals surface area contributed by atoms with Crippen LogP contribution in [0.2, 0.25) is 0 Å². The Morgan fingerprint density at radius 3 is 0.917 bits per heavy atom. The summed E-state index contributed by atoms with van der Waals surface area (Å²) in [7, 11) is 0. The first-order chi connectivity index (χ1) is 45.5. The van der Waals surface area contributed by atoms with Crippen molar-refractivity contribution in [1.29, 1.82) is 0 Å². The number of amides is 8. The van der Waals surface area contributed by atoms with Gasteiger partial charge in [-0.25, -0.2) is 17.6 Å². The summed E-state index contributed by atoms with van der Waals surface area (Å²) >= 11 is 0. The Labute approximate surface area is 560 Å². The number of guanidine groups is 2. The number of benzene rings is 4. The number of nitrogens with one attached hydrogen (secondary N) is 8. The number of nitrogens with zero attached hydrogens (tertiary/aromatic N) is 2. The molecule has 524 valence electrons. The molecule has 22 nitrogen and oxygen atoms in total. The fourth-order valence-corrected chi connectivity index (χ4v) is 11.8. The van der Waals surface area contributed by atoms with Gasteiger partial charge in [-0.1, -0.05) is 130 Å². The van der Waals surface area contributed by atoms with Crippen molar-refractivity contribution in [3.05, 3.63) is 143 Å². The zero-order valence-electron chi connectivity index (χ0n) is 56.4. The molecule has 2 saturated carbocycles. The predicted molar refractivity (Wildman–Crippen MR) is 361 cm³/mol. The Balaban J connectivity index is 0.000000347. The molecular formula is C70H98F4N14O8. The highest BCUT2D eigenvalue weighted by molar-refractivity contribution is 5.99. The number of carbonyl (C=O) groups is 8. The molecule has 0 aromatic heterocycles. The highest BCUT2D eigenvalue weighted by atomic mass is 19.1. The number of rotatable bonds is 32. The summed E-state index contributed by atoms with van der Waals surface area (Å²) in [6.45, 7) is 14.5. The third-order valence-corrected chi connectivity index (χ3v) is 18.1. The lowest BCUT2D eigenvalue weighted by Gasteiger charge is -2.36. The van der Waals surface area contributed by atoms with Gasteiger partial charge in [0.15, 0.2) is 11.9 Å². The highest BCUT2D eigenvalue weighted by Crippen LogP contribution is 2.35. The van der Waals surface area contributed by atoms with Crippen molar-refractivity contribution in [3.63, 3.8) is 0 Å². The molecule has 0 heterocycles. The summed E-state index contributed by atoms with van der Waals surface area (Å²) in [4.78, 5) is 117. The average molecular weight is 1340 g/mol. The largest absolute Gasteiger partial charge is 0.370 e. The van der Waals surface area contributed by atoms with Crippen LogP contribution in [0.4, 0.5) is 17.6 Å². The molecule has 16 N–H and O–H groups in total. The highest BCUT2D eigenvalue weighted by Gasteiger charge is 2.48. The first kappa shape index (κ1) is 77.6. The standard InChI is InChI=1S/2C35H49F2N7O4/c2*1-5-34(6-2,43-29(45)22(3)4)31(47)41-27(10-9-21-40-33(38)39)30(46)44-35(19-7-8-20-35)32(48)42-28(23-11-15-25(36)16-12-23)24-13-17-26(37)18-14-24/h2*11-18,22,27-28H,5-10,19-21H2,1-4H3,(H,41,47)(H,42,48)(H,43,45)(H,44,46)(H4,38,39,40)/t2*27-/m00/s1. The molecule has 2 fully saturated rings. The van der Waals surface area contributed by atoms with Crippen LogP contribution >= 0.6 is 0 Å². The molecule has 0 unspecified atom stereocenters. The van der Waals surface area contributed by atoms with Crippen molar-refractivity contribution >= 4 is 59.2 Å². The van der Waals surface area contributed by atoms with Crippen LogP contribution in [0.5, 0.6) is 0 Å². The van der Waals surface area contributed by atoms with Crippen LogP contribution in [-0.4, -0.2) is 107 Å². The molecule has 6 rings (SSSR count). The number of halogens is 4. The van der Waals surface area contributed by atoms with E-state index in [9.17, 15) is 55.9 Å². The summed E-state index contributed by atoms with van der Waals surface area (Å²) in [6, 6.07) is 18.8. The second-order valence-corrected chi connectivity index (χ2v) is 25.4. The maximum atomic E-state index is 14.2. The van der Waals surface area contributed by atoms with Gasteiger partial charge >= 0.3 is 0 Å². The van der Waals surface area contributed by atoms with Crippen molar-refractivity contribution in [2.75, 3.05) is 13.1 Å². The van der Waals surface area contributed by atoms with E-state index >= 15 is 0 Å². The first-order valence-electron chi connectivity index (χ1n) is 33.2. The van der Waals surface area contributed by atoms with Crippen LogP contribution < -0.4 is 65.5 Å². The zero-order valence-corrected chi connectivity index (χ0v) is 56.4. The van der Waals surface area contributed by atoms with Gasteiger partial charge in [0.25, 0.3) is 0 Å². The third kappa shape index (κ3) is 21.5. The maximum absolute atomic E-state index is 14.2. The number of hydrogen-bond acceptors (Lipinski definition) is 10. The van der Waals surface area contributed by atoms with Crippen LogP contribution in [0.15, 0.2) is 107 Å². The Bertz CT molecular complexity index is 3000. The number of aliphatic imine (C=N–C) groups is 2. The summed E-state index contributed by atoms with van der Waals surface area (Å²) in [6.07, 6.45) is 6.20. The van der Waals surface area contributed by atoms with E-state index in [1.807, 2.05) is 0 Å². The molecule has 8 amide bonds. The van der Waals surface area contributed by atoms with Crippen LogP contribution in [0, 0.1) is 35.1 Å². The van der Waals surface area contributed by atoms with Gasteiger partial charge in [0.05, 0.1) is 12.1 Å². The van der Waals surface area contributed by atoms with E-state index in [4.69, 9.17) is 22.9 Å². The Morgan fingerprint density at radius 2 is 0.688 bits per heavy atom. The molecule has 0 spiro atoms. The Kier molecular flexibility index (Phi) is 29.2. The van der Waals surface area contributed by atoms with Crippen molar-refractivity contribution in [2.45, 2.75) is 204 Å². The lowest BCUT2D eigenvalue weighted by molar-refractivity contribution is -0.139. The van der Waals surface area contributed by atoms with Crippen LogP contribution in [0.1, 0.15) is 192 Å². The topological polar surface area (TPSA) is 362 Å². The van der Waals surface area contributed by atoms with Crippen molar-refractivity contribution in [1.82, 2.24) is 42.5 Å². The SMILES string of the molecule is CCC(CC)(NC(=O)C(C)C)C(=O)N[C@@H](CCCN=C(N)N)C(=O)NC1(C(=O)NC(c2ccc(F)cc2)c2ccc(F)cc2)CCCC1.CCC(CC)(NC(=O)C(C)C)C(=O)N[C@@H](CCCN=C(N)N)C(=O)NC1(C(=O)NC(c2ccc(F)cc2)c2ccc(F)cc2)CCCC1. The van der Waals surface area contributed by atoms with Gasteiger partial charge in [-0.15, -0.1) is 0 Å². The van der Waals surface area contributed by atoms with Gasteiger partial charge in [0.1, 0.15) is 57.5 Å². The minimum absolute atomic E-state index is 0.106. The molecule has 4 aromatic rings. The van der Waals surface area contributed by atoms with Gasteiger partial charge in [-0.2, -0.15) is 0 Å². The minimum atomic E-state index is -1.31. The van der Waals surface area contributed by atoms with E-state index in [2.05, 4.69) is 52.5 Å². The van der Waals surface area contributed by atoms with E-state index in [1.165, 1.54) is 97.1 Å². The minimum Gasteiger partial charge on any atom is -0.370 e. The molecule has 26 heteroatoms. The Hall–Kier alpha value is -9.10. The van der Waals surface area contributed by atoms with E-state index in [0.717, 1.165) is 0 Å². The predicted octanol–water partition coefficient (Wildman–Crippen LogP) is 6.94. The quantitative estimate of drug-likeness (QED) is 0.0102. The van der Waals surface area contributed by atoms with Crippen LogP contribution in [-0.2, 0) is 38.4 Å². The molecule has 2 aliphatic rings. The van der Waals surface area contributed by atoms with E-state index < -0.39 is 105 Å². The molecule has 0 bridgehead atoms. The lowest BCUT2D eigenvalue weighted by Crippen LogP contribution is -2.64. The van der Waals surface area contributed by atoms with Gasteiger partial charge < -0.3 is 65.5 Å². The molecule has 0 saturated heterocycles. The summed E-state index contributed by atoms with van der Waals surface area (Å²) < 4.78 is 55.2. The monoisotopic (exact) mass is 1340 g/mol. The Morgan fingerprint density at radius 1 is 0.427 bits per heavy atom. The average Bonchev–Trinajstić information content (AvgIpc) is 1.68. The number of carbonyl (C=O) groups excluding carboxylic acids is 8. The van der Waals surface area contributed by atoms with E-state index in [-0.39, 0.29) is 87.2 Å². The second kappa shape index (κ2) is 36.1. The van der Waals surface area contributed by atoms with Gasteiger partial charge in [-0.05, 0) is 148 Å². The second-order valence-electron chi connectivity index (χ2n) is 25.4. The molecule has 2 aliphatic carbocycles. The molecular weight excluding hydrogens is 1240 g/mol. The fourth-order valence-electron chi connectivity index (χ4n) is 11.8. The molecule has 96 heavy (non-hydrogen) atoms. The molecule has 4 aromatic carbocycles. The molecule has 2 atom stereocenters. The summed E-state index contributed by atoms with van der Waals surface area (Å²) in [5, 5.41) is 23.4. The normalized spacial score (nSPS) is 14.7. The van der Waals surface area contributed by atoms with Crippen LogP contribution in [0.3, 0.4) is 0 Å². The maximum Gasteiger partial charge on any atom is 0.246 e. The number of hydrogen-bond donors (Lipinski definition) is 12. The van der Waals surface area contributed by atoms with E-state index in [0.29, 0.717) is 86.5 Å². The van der Waals surface area contributed by atoms with Gasteiger partial charge in [0, 0.05) is 24.9 Å². The third-order valence-electron chi connectivity index (χ3n) is 18.1. The van der Waals surface area contributed by atoms with Crippen LogP contribution in [0.25, 0.3) is 0 Å². The smallest absolute Gasteiger partial charge is 0.246 e. The van der Waals surface area contributed by atoms with Crippen molar-refractivity contribution < 1.29 is 55.9 Å². The van der Waals surface area contributed by atoms with Gasteiger partial charge in [0.2, 0.25) is 47.3 Å².